The predicted molar refractivity (Wildman–Crippen MR) is 107 cm³/mol. The third kappa shape index (κ3) is 4.82. The highest BCUT2D eigenvalue weighted by Gasteiger charge is 2.29. The molecule has 1 aliphatic rings. The maximum atomic E-state index is 13.6. The molecular weight excluding hydrogens is 397 g/mol. The maximum absolute atomic E-state index is 13.6. The van der Waals surface area contributed by atoms with E-state index in [1.165, 1.54) is 29.5 Å². The zero-order valence-electron chi connectivity index (χ0n) is 16.2. The van der Waals surface area contributed by atoms with Gasteiger partial charge in [0.05, 0.1) is 17.7 Å². The predicted octanol–water partition coefficient (Wildman–Crippen LogP) is 3.98. The Labute approximate surface area is 172 Å². The lowest BCUT2D eigenvalue weighted by Crippen LogP contribution is -2.22. The monoisotopic (exact) mass is 419 g/mol. The number of rotatable bonds is 6. The fourth-order valence-corrected chi connectivity index (χ4v) is 4.67. The summed E-state index contributed by atoms with van der Waals surface area (Å²) in [7, 11) is 0. The topological polar surface area (TPSA) is 81.7 Å². The molecule has 154 valence electrons. The van der Waals surface area contributed by atoms with Gasteiger partial charge >= 0.3 is 11.9 Å². The second kappa shape index (κ2) is 9.17. The van der Waals surface area contributed by atoms with Crippen LogP contribution >= 0.6 is 11.3 Å². The zero-order chi connectivity index (χ0) is 21.0. The normalized spacial score (nSPS) is 15.3. The van der Waals surface area contributed by atoms with E-state index in [0.29, 0.717) is 16.5 Å². The molecule has 0 bridgehead atoms. The summed E-state index contributed by atoms with van der Waals surface area (Å²) in [6, 6.07) is 5.38. The average Bonchev–Trinajstić information content (AvgIpc) is 3.03. The van der Waals surface area contributed by atoms with E-state index in [0.717, 1.165) is 35.8 Å². The highest BCUT2D eigenvalue weighted by atomic mass is 32.1. The number of hydrogen-bond donors (Lipinski definition) is 1. The first-order valence-corrected chi connectivity index (χ1v) is 10.3. The number of anilines is 1. The van der Waals surface area contributed by atoms with Gasteiger partial charge in [0.1, 0.15) is 10.8 Å². The van der Waals surface area contributed by atoms with Crippen LogP contribution in [-0.2, 0) is 27.1 Å². The standard InChI is InChI=1S/C21H22FNO5S/c1-3-27-21(26)18-14-9-8-12(2)10-16(14)29-19(18)23-17(24)11-28-20(25)13-6-4-5-7-15(13)22/h4-7,12H,3,8-11H2,1-2H3,(H,23,24). The van der Waals surface area contributed by atoms with Gasteiger partial charge in [-0.15, -0.1) is 11.3 Å². The number of halogens is 1. The molecular formula is C21H22FNO5S. The van der Waals surface area contributed by atoms with E-state index in [1.807, 2.05) is 0 Å². The van der Waals surface area contributed by atoms with Crippen molar-refractivity contribution in [3.63, 3.8) is 0 Å². The highest BCUT2D eigenvalue weighted by Crippen LogP contribution is 2.40. The summed E-state index contributed by atoms with van der Waals surface area (Å²) in [6.07, 6.45) is 2.55. The van der Waals surface area contributed by atoms with Crippen LogP contribution in [0.15, 0.2) is 24.3 Å². The van der Waals surface area contributed by atoms with Crippen molar-refractivity contribution in [3.05, 3.63) is 51.7 Å². The van der Waals surface area contributed by atoms with Crippen molar-refractivity contribution in [2.75, 3.05) is 18.5 Å². The molecule has 2 aromatic rings. The lowest BCUT2D eigenvalue weighted by Gasteiger charge is -2.18. The van der Waals surface area contributed by atoms with Crippen molar-refractivity contribution in [1.82, 2.24) is 0 Å². The van der Waals surface area contributed by atoms with Crippen molar-refractivity contribution in [2.45, 2.75) is 33.1 Å². The van der Waals surface area contributed by atoms with Crippen LogP contribution in [0.1, 0.15) is 51.4 Å². The molecule has 1 atom stereocenters. The van der Waals surface area contributed by atoms with Gasteiger partial charge in [0, 0.05) is 4.88 Å². The van der Waals surface area contributed by atoms with Crippen LogP contribution in [0.5, 0.6) is 0 Å². The lowest BCUT2D eigenvalue weighted by molar-refractivity contribution is -0.119. The number of hydrogen-bond acceptors (Lipinski definition) is 6. The first-order valence-electron chi connectivity index (χ1n) is 9.43. The van der Waals surface area contributed by atoms with Gasteiger partial charge in [0.15, 0.2) is 6.61 Å². The average molecular weight is 419 g/mol. The molecule has 0 saturated heterocycles. The molecule has 8 heteroatoms. The summed E-state index contributed by atoms with van der Waals surface area (Å²) in [6.45, 7) is 3.51. The van der Waals surface area contributed by atoms with Crippen molar-refractivity contribution in [1.29, 1.82) is 0 Å². The van der Waals surface area contributed by atoms with E-state index in [1.54, 1.807) is 6.92 Å². The summed E-state index contributed by atoms with van der Waals surface area (Å²) in [5.41, 5.74) is 1.06. The quantitative estimate of drug-likeness (QED) is 0.716. The van der Waals surface area contributed by atoms with Gasteiger partial charge in [-0.05, 0) is 49.8 Å². The van der Waals surface area contributed by atoms with Crippen LogP contribution in [0, 0.1) is 11.7 Å². The smallest absolute Gasteiger partial charge is 0.341 e. The molecule has 1 aromatic carbocycles. The van der Waals surface area contributed by atoms with E-state index in [4.69, 9.17) is 9.47 Å². The second-order valence-corrected chi connectivity index (χ2v) is 7.99. The van der Waals surface area contributed by atoms with Gasteiger partial charge in [-0.2, -0.15) is 0 Å². The number of amides is 1. The number of benzene rings is 1. The van der Waals surface area contributed by atoms with Crippen LogP contribution in [-0.4, -0.2) is 31.1 Å². The number of carbonyl (C=O) groups excluding carboxylic acids is 3. The SMILES string of the molecule is CCOC(=O)c1c(NC(=O)COC(=O)c2ccccc2F)sc2c1CCC(C)C2. The number of fused-ring (bicyclic) bond motifs is 1. The fourth-order valence-electron chi connectivity index (χ4n) is 3.26. The summed E-state index contributed by atoms with van der Waals surface area (Å²) < 4.78 is 23.7. The molecule has 1 aromatic heterocycles. The molecule has 1 amide bonds. The molecule has 0 radical (unpaired) electrons. The Morgan fingerprint density at radius 1 is 1.21 bits per heavy atom. The third-order valence-electron chi connectivity index (χ3n) is 4.67. The van der Waals surface area contributed by atoms with Crippen LogP contribution < -0.4 is 5.32 Å². The summed E-state index contributed by atoms with van der Waals surface area (Å²) in [5.74, 6) is -2.22. The first-order chi connectivity index (χ1) is 13.9. The minimum absolute atomic E-state index is 0.230. The summed E-state index contributed by atoms with van der Waals surface area (Å²) in [5, 5.41) is 3.05. The number of carbonyl (C=O) groups is 3. The van der Waals surface area contributed by atoms with E-state index in [2.05, 4.69) is 12.2 Å². The van der Waals surface area contributed by atoms with Crippen LogP contribution in [0.3, 0.4) is 0 Å². The number of thiophene rings is 1. The molecule has 1 aliphatic carbocycles. The highest BCUT2D eigenvalue weighted by molar-refractivity contribution is 7.17. The van der Waals surface area contributed by atoms with Gasteiger partial charge in [0.25, 0.3) is 5.91 Å². The Bertz CT molecular complexity index is 939. The number of ether oxygens (including phenoxy) is 2. The Hall–Kier alpha value is -2.74. The lowest BCUT2D eigenvalue weighted by atomic mass is 9.88. The van der Waals surface area contributed by atoms with Crippen LogP contribution in [0.2, 0.25) is 0 Å². The molecule has 3 rings (SSSR count). The molecule has 29 heavy (non-hydrogen) atoms. The van der Waals surface area contributed by atoms with E-state index >= 15 is 0 Å². The van der Waals surface area contributed by atoms with Gasteiger partial charge in [0.2, 0.25) is 0 Å². The Morgan fingerprint density at radius 2 is 1.97 bits per heavy atom. The second-order valence-electron chi connectivity index (χ2n) is 6.88. The molecule has 0 fully saturated rings. The Balaban J connectivity index is 1.72. The molecule has 1 N–H and O–H groups in total. The fraction of sp³-hybridized carbons (Fsp3) is 0.381. The summed E-state index contributed by atoms with van der Waals surface area (Å²) in [4.78, 5) is 37.8. The largest absolute Gasteiger partial charge is 0.462 e. The molecule has 0 saturated carbocycles. The maximum Gasteiger partial charge on any atom is 0.341 e. The minimum Gasteiger partial charge on any atom is -0.462 e. The molecule has 6 nitrogen and oxygen atoms in total. The van der Waals surface area contributed by atoms with Crippen molar-refractivity contribution >= 4 is 34.2 Å². The zero-order valence-corrected chi connectivity index (χ0v) is 17.1. The Kier molecular flexibility index (Phi) is 6.64. The van der Waals surface area contributed by atoms with Gasteiger partial charge in [-0.25, -0.2) is 14.0 Å². The van der Waals surface area contributed by atoms with E-state index in [9.17, 15) is 18.8 Å². The number of esters is 2. The first kappa shape index (κ1) is 21.0. The van der Waals surface area contributed by atoms with E-state index < -0.39 is 30.3 Å². The summed E-state index contributed by atoms with van der Waals surface area (Å²) >= 11 is 1.35. The third-order valence-corrected chi connectivity index (χ3v) is 5.84. The van der Waals surface area contributed by atoms with E-state index in [-0.39, 0.29) is 12.2 Å². The molecule has 1 unspecified atom stereocenters. The van der Waals surface area contributed by atoms with Gasteiger partial charge in [-0.1, -0.05) is 19.1 Å². The number of nitrogens with one attached hydrogen (secondary N) is 1. The van der Waals surface area contributed by atoms with Gasteiger partial charge < -0.3 is 14.8 Å². The van der Waals surface area contributed by atoms with Crippen molar-refractivity contribution in [2.24, 2.45) is 5.92 Å². The van der Waals surface area contributed by atoms with Crippen molar-refractivity contribution < 1.29 is 28.2 Å². The molecule has 0 aliphatic heterocycles. The molecule has 1 heterocycles. The van der Waals surface area contributed by atoms with Crippen molar-refractivity contribution in [3.8, 4) is 0 Å². The van der Waals surface area contributed by atoms with Crippen LogP contribution in [0.25, 0.3) is 0 Å². The van der Waals surface area contributed by atoms with Crippen LogP contribution in [0.4, 0.5) is 9.39 Å². The molecule has 0 spiro atoms. The Morgan fingerprint density at radius 3 is 2.69 bits per heavy atom. The minimum atomic E-state index is -0.928. The van der Waals surface area contributed by atoms with Gasteiger partial charge in [-0.3, -0.25) is 4.79 Å².